The van der Waals surface area contributed by atoms with E-state index in [1.54, 1.807) is 0 Å². The summed E-state index contributed by atoms with van der Waals surface area (Å²) in [6.07, 6.45) is 2.62. The second-order valence-corrected chi connectivity index (χ2v) is 4.68. The first-order valence-corrected chi connectivity index (χ1v) is 6.39. The molecule has 0 aromatic heterocycles. The molecule has 3 nitrogen and oxygen atoms in total. The van der Waals surface area contributed by atoms with E-state index in [0.717, 1.165) is 37.4 Å². The Morgan fingerprint density at radius 2 is 1.76 bits per heavy atom. The molecule has 0 bridgehead atoms. The summed E-state index contributed by atoms with van der Waals surface area (Å²) in [5, 5.41) is 3.34. The van der Waals surface area contributed by atoms with Gasteiger partial charge in [-0.05, 0) is 51.9 Å². The third kappa shape index (κ3) is 3.63. The number of ether oxygens (including phenoxy) is 2. The van der Waals surface area contributed by atoms with Crippen molar-refractivity contribution in [2.45, 2.75) is 38.9 Å². The van der Waals surface area contributed by atoms with E-state index < -0.39 is 0 Å². The predicted octanol–water partition coefficient (Wildman–Crippen LogP) is 2.60. The zero-order valence-corrected chi connectivity index (χ0v) is 10.6. The fourth-order valence-corrected chi connectivity index (χ4v) is 1.99. The molecule has 0 spiro atoms. The summed E-state index contributed by atoms with van der Waals surface area (Å²) in [7, 11) is 0. The van der Waals surface area contributed by atoms with Crippen molar-refractivity contribution in [2.75, 3.05) is 13.1 Å². The average molecular weight is 235 g/mol. The minimum Gasteiger partial charge on any atom is -0.487 e. The number of piperidine rings is 1. The molecule has 0 radical (unpaired) electrons. The Hall–Kier alpha value is -1.22. The van der Waals surface area contributed by atoms with E-state index in [2.05, 4.69) is 5.32 Å². The van der Waals surface area contributed by atoms with E-state index in [4.69, 9.17) is 9.47 Å². The van der Waals surface area contributed by atoms with E-state index in [-0.39, 0.29) is 6.10 Å². The van der Waals surface area contributed by atoms with Gasteiger partial charge in [-0.1, -0.05) is 12.1 Å². The third-order valence-corrected chi connectivity index (χ3v) is 2.79. The van der Waals surface area contributed by atoms with E-state index >= 15 is 0 Å². The van der Waals surface area contributed by atoms with Crippen molar-refractivity contribution in [3.05, 3.63) is 24.3 Å². The van der Waals surface area contributed by atoms with Gasteiger partial charge in [-0.25, -0.2) is 0 Å². The summed E-state index contributed by atoms with van der Waals surface area (Å²) in [5.74, 6) is 1.72. The minimum atomic E-state index is 0.174. The summed E-state index contributed by atoms with van der Waals surface area (Å²) < 4.78 is 11.8. The van der Waals surface area contributed by atoms with E-state index in [1.807, 2.05) is 38.1 Å². The fraction of sp³-hybridized carbons (Fsp3) is 0.571. The lowest BCUT2D eigenvalue weighted by Crippen LogP contribution is -2.34. The molecule has 0 aliphatic carbocycles. The number of rotatable bonds is 4. The summed E-state index contributed by atoms with van der Waals surface area (Å²) in [4.78, 5) is 0. The predicted molar refractivity (Wildman–Crippen MR) is 68.7 cm³/mol. The largest absolute Gasteiger partial charge is 0.487 e. The molecule has 94 valence electrons. The fourth-order valence-electron chi connectivity index (χ4n) is 1.99. The zero-order valence-electron chi connectivity index (χ0n) is 10.6. The Morgan fingerprint density at radius 1 is 1.12 bits per heavy atom. The molecular formula is C14H21NO2. The van der Waals surface area contributed by atoms with Gasteiger partial charge in [-0.3, -0.25) is 0 Å². The van der Waals surface area contributed by atoms with Crippen molar-refractivity contribution >= 4 is 0 Å². The second kappa shape index (κ2) is 5.92. The second-order valence-electron chi connectivity index (χ2n) is 4.68. The Kier molecular flexibility index (Phi) is 4.26. The quantitative estimate of drug-likeness (QED) is 0.870. The number of para-hydroxylation sites is 2. The standard InChI is InChI=1S/C14H21NO2/c1-11(2)16-13-5-3-4-6-14(13)17-12-7-9-15-10-8-12/h3-6,11-12,15H,7-10H2,1-2H3. The molecule has 1 aliphatic rings. The normalized spacial score (nSPS) is 17.1. The highest BCUT2D eigenvalue weighted by Crippen LogP contribution is 2.29. The van der Waals surface area contributed by atoms with Gasteiger partial charge in [0.2, 0.25) is 0 Å². The summed E-state index contributed by atoms with van der Waals surface area (Å²) in [6, 6.07) is 7.92. The van der Waals surface area contributed by atoms with Gasteiger partial charge in [0, 0.05) is 0 Å². The van der Waals surface area contributed by atoms with E-state index in [1.165, 1.54) is 0 Å². The first kappa shape index (κ1) is 12.2. The van der Waals surface area contributed by atoms with Crippen molar-refractivity contribution in [2.24, 2.45) is 0 Å². The number of hydrogen-bond acceptors (Lipinski definition) is 3. The molecule has 3 heteroatoms. The van der Waals surface area contributed by atoms with Crippen LogP contribution >= 0.6 is 0 Å². The van der Waals surface area contributed by atoms with E-state index in [9.17, 15) is 0 Å². The van der Waals surface area contributed by atoms with Crippen LogP contribution in [0.5, 0.6) is 11.5 Å². The molecule has 1 saturated heterocycles. The average Bonchev–Trinajstić information content (AvgIpc) is 2.32. The maximum absolute atomic E-state index is 6.02. The monoisotopic (exact) mass is 235 g/mol. The van der Waals surface area contributed by atoms with Gasteiger partial charge in [0.05, 0.1) is 6.10 Å². The lowest BCUT2D eigenvalue weighted by molar-refractivity contribution is 0.148. The molecule has 0 atom stereocenters. The zero-order chi connectivity index (χ0) is 12.1. The smallest absolute Gasteiger partial charge is 0.161 e. The van der Waals surface area contributed by atoms with Crippen LogP contribution in [-0.2, 0) is 0 Å². The van der Waals surface area contributed by atoms with Gasteiger partial charge in [0.25, 0.3) is 0 Å². The highest BCUT2D eigenvalue weighted by molar-refractivity contribution is 5.39. The van der Waals surface area contributed by atoms with Gasteiger partial charge in [-0.2, -0.15) is 0 Å². The molecular weight excluding hydrogens is 214 g/mol. The number of hydrogen-bond donors (Lipinski definition) is 1. The molecule has 0 amide bonds. The van der Waals surface area contributed by atoms with Crippen LogP contribution in [-0.4, -0.2) is 25.3 Å². The summed E-state index contributed by atoms with van der Waals surface area (Å²) in [6.45, 7) is 6.14. The molecule has 1 N–H and O–H groups in total. The van der Waals surface area contributed by atoms with Crippen LogP contribution in [0.1, 0.15) is 26.7 Å². The first-order valence-electron chi connectivity index (χ1n) is 6.39. The number of benzene rings is 1. The number of nitrogens with one attached hydrogen (secondary N) is 1. The topological polar surface area (TPSA) is 30.5 Å². The Morgan fingerprint density at radius 3 is 2.41 bits per heavy atom. The van der Waals surface area contributed by atoms with Gasteiger partial charge < -0.3 is 14.8 Å². The van der Waals surface area contributed by atoms with Crippen LogP contribution in [0.15, 0.2) is 24.3 Å². The van der Waals surface area contributed by atoms with Crippen LogP contribution in [0.3, 0.4) is 0 Å². The highest BCUT2D eigenvalue weighted by atomic mass is 16.5. The Bertz CT molecular complexity index is 346. The summed E-state index contributed by atoms with van der Waals surface area (Å²) in [5.41, 5.74) is 0. The highest BCUT2D eigenvalue weighted by Gasteiger charge is 2.16. The molecule has 2 rings (SSSR count). The van der Waals surface area contributed by atoms with Crippen LogP contribution in [0.4, 0.5) is 0 Å². The minimum absolute atomic E-state index is 0.174. The Balaban J connectivity index is 2.03. The molecule has 1 aliphatic heterocycles. The first-order chi connectivity index (χ1) is 8.25. The van der Waals surface area contributed by atoms with Gasteiger partial charge in [-0.15, -0.1) is 0 Å². The van der Waals surface area contributed by atoms with Crippen molar-refractivity contribution in [3.63, 3.8) is 0 Å². The third-order valence-electron chi connectivity index (χ3n) is 2.79. The maximum Gasteiger partial charge on any atom is 0.161 e. The van der Waals surface area contributed by atoms with Crippen LogP contribution in [0.2, 0.25) is 0 Å². The molecule has 1 fully saturated rings. The van der Waals surface area contributed by atoms with E-state index in [0.29, 0.717) is 6.10 Å². The van der Waals surface area contributed by atoms with Crippen molar-refractivity contribution in [1.82, 2.24) is 5.32 Å². The van der Waals surface area contributed by atoms with Crippen LogP contribution in [0.25, 0.3) is 0 Å². The van der Waals surface area contributed by atoms with Gasteiger partial charge in [0.1, 0.15) is 6.10 Å². The maximum atomic E-state index is 6.02. The lowest BCUT2D eigenvalue weighted by Gasteiger charge is -2.25. The molecule has 0 unspecified atom stereocenters. The van der Waals surface area contributed by atoms with Crippen LogP contribution < -0.4 is 14.8 Å². The molecule has 1 aromatic rings. The molecule has 1 heterocycles. The van der Waals surface area contributed by atoms with Gasteiger partial charge in [0.15, 0.2) is 11.5 Å². The molecule has 17 heavy (non-hydrogen) atoms. The molecule has 1 aromatic carbocycles. The van der Waals surface area contributed by atoms with Crippen molar-refractivity contribution in [3.8, 4) is 11.5 Å². The Labute approximate surface area is 103 Å². The van der Waals surface area contributed by atoms with Crippen molar-refractivity contribution in [1.29, 1.82) is 0 Å². The lowest BCUT2D eigenvalue weighted by atomic mass is 10.1. The molecule has 0 saturated carbocycles. The summed E-state index contributed by atoms with van der Waals surface area (Å²) >= 11 is 0. The SMILES string of the molecule is CC(C)Oc1ccccc1OC1CCNCC1. The van der Waals surface area contributed by atoms with Crippen molar-refractivity contribution < 1.29 is 9.47 Å². The van der Waals surface area contributed by atoms with Crippen LogP contribution in [0, 0.1) is 0 Å². The van der Waals surface area contributed by atoms with Gasteiger partial charge >= 0.3 is 0 Å².